The van der Waals surface area contributed by atoms with Crippen molar-refractivity contribution in [1.82, 2.24) is 0 Å². The van der Waals surface area contributed by atoms with Crippen LogP contribution in [0, 0.1) is 5.41 Å². The highest BCUT2D eigenvalue weighted by molar-refractivity contribution is 7.99. The van der Waals surface area contributed by atoms with Crippen LogP contribution in [0.2, 0.25) is 0 Å². The molecule has 0 aliphatic heterocycles. The van der Waals surface area contributed by atoms with Gasteiger partial charge < -0.3 is 10.5 Å². The summed E-state index contributed by atoms with van der Waals surface area (Å²) in [5, 5.41) is 0. The first-order valence-corrected chi connectivity index (χ1v) is 7.53. The highest BCUT2D eigenvalue weighted by atomic mass is 32.2. The number of nitrogens with two attached hydrogens (primary N) is 1. The predicted octanol–water partition coefficient (Wildman–Crippen LogP) is 3.94. The highest BCUT2D eigenvalue weighted by Crippen LogP contribution is 2.30. The Labute approximate surface area is 115 Å². The number of benzene rings is 1. The fourth-order valence-corrected chi connectivity index (χ4v) is 2.76. The monoisotopic (exact) mass is 267 g/mol. The van der Waals surface area contributed by atoms with Gasteiger partial charge in [-0.25, -0.2) is 0 Å². The van der Waals surface area contributed by atoms with Crippen LogP contribution >= 0.6 is 11.8 Å². The number of thioether (sulfide) groups is 1. The SMILES string of the molecule is COc1ccccc1SCCCCC(C)(C)CN. The first-order chi connectivity index (χ1) is 8.59. The van der Waals surface area contributed by atoms with Crippen LogP contribution in [0.25, 0.3) is 0 Å². The molecule has 1 aromatic carbocycles. The molecule has 0 radical (unpaired) electrons. The lowest BCUT2D eigenvalue weighted by atomic mass is 9.88. The number of unbranched alkanes of at least 4 members (excludes halogenated alkanes) is 1. The smallest absolute Gasteiger partial charge is 0.132 e. The maximum Gasteiger partial charge on any atom is 0.132 e. The van der Waals surface area contributed by atoms with Crippen molar-refractivity contribution in [1.29, 1.82) is 0 Å². The lowest BCUT2D eigenvalue weighted by Gasteiger charge is -2.21. The van der Waals surface area contributed by atoms with Gasteiger partial charge in [-0.05, 0) is 42.7 Å². The fourth-order valence-electron chi connectivity index (χ4n) is 1.73. The Kier molecular flexibility index (Phi) is 6.58. The van der Waals surface area contributed by atoms with E-state index in [4.69, 9.17) is 10.5 Å². The summed E-state index contributed by atoms with van der Waals surface area (Å²) in [7, 11) is 1.73. The van der Waals surface area contributed by atoms with E-state index in [1.54, 1.807) is 7.11 Å². The van der Waals surface area contributed by atoms with E-state index in [1.165, 1.54) is 24.2 Å². The van der Waals surface area contributed by atoms with Gasteiger partial charge in [0.05, 0.1) is 7.11 Å². The standard InChI is InChI=1S/C15H25NOS/c1-15(2,12-16)10-6-7-11-18-14-9-5-4-8-13(14)17-3/h4-5,8-9H,6-7,10-12,16H2,1-3H3. The van der Waals surface area contributed by atoms with Crippen molar-refractivity contribution in [3.8, 4) is 5.75 Å². The van der Waals surface area contributed by atoms with Gasteiger partial charge in [0.1, 0.15) is 5.75 Å². The molecule has 18 heavy (non-hydrogen) atoms. The summed E-state index contributed by atoms with van der Waals surface area (Å²) in [5.41, 5.74) is 6.02. The zero-order valence-corrected chi connectivity index (χ0v) is 12.6. The van der Waals surface area contributed by atoms with Crippen LogP contribution in [-0.4, -0.2) is 19.4 Å². The molecule has 1 aromatic rings. The number of hydrogen-bond donors (Lipinski definition) is 1. The van der Waals surface area contributed by atoms with Gasteiger partial charge in [-0.2, -0.15) is 0 Å². The highest BCUT2D eigenvalue weighted by Gasteiger charge is 2.14. The lowest BCUT2D eigenvalue weighted by Crippen LogP contribution is -2.23. The first kappa shape index (κ1) is 15.4. The maximum absolute atomic E-state index is 5.73. The summed E-state index contributed by atoms with van der Waals surface area (Å²) in [6.07, 6.45) is 3.68. The summed E-state index contributed by atoms with van der Waals surface area (Å²) >= 11 is 1.87. The number of methoxy groups -OCH3 is 1. The molecule has 0 bridgehead atoms. The molecule has 0 saturated heterocycles. The Morgan fingerprint density at radius 2 is 1.94 bits per heavy atom. The normalized spacial score (nSPS) is 11.6. The molecule has 3 heteroatoms. The molecule has 0 aliphatic rings. The molecule has 0 saturated carbocycles. The van der Waals surface area contributed by atoms with Crippen molar-refractivity contribution in [2.45, 2.75) is 38.0 Å². The van der Waals surface area contributed by atoms with E-state index in [2.05, 4.69) is 26.0 Å². The summed E-state index contributed by atoms with van der Waals surface area (Å²) < 4.78 is 5.34. The molecule has 0 fully saturated rings. The average molecular weight is 267 g/mol. The Balaban J connectivity index is 2.26. The van der Waals surface area contributed by atoms with Crippen LogP contribution < -0.4 is 10.5 Å². The Morgan fingerprint density at radius 1 is 1.22 bits per heavy atom. The third-order valence-electron chi connectivity index (χ3n) is 3.13. The van der Waals surface area contributed by atoms with Gasteiger partial charge in [0, 0.05) is 4.90 Å². The summed E-state index contributed by atoms with van der Waals surface area (Å²) in [6.45, 7) is 5.24. The minimum atomic E-state index is 0.287. The summed E-state index contributed by atoms with van der Waals surface area (Å²) in [4.78, 5) is 1.23. The van der Waals surface area contributed by atoms with E-state index in [0.717, 1.165) is 18.0 Å². The van der Waals surface area contributed by atoms with Crippen molar-refractivity contribution >= 4 is 11.8 Å². The van der Waals surface area contributed by atoms with Crippen LogP contribution in [0.4, 0.5) is 0 Å². The van der Waals surface area contributed by atoms with E-state index in [0.29, 0.717) is 0 Å². The zero-order valence-electron chi connectivity index (χ0n) is 11.7. The zero-order chi connectivity index (χ0) is 13.4. The molecule has 1 rings (SSSR count). The van der Waals surface area contributed by atoms with Gasteiger partial charge in [0.2, 0.25) is 0 Å². The second kappa shape index (κ2) is 7.70. The second-order valence-corrected chi connectivity index (χ2v) is 6.46. The van der Waals surface area contributed by atoms with Crippen molar-refractivity contribution < 1.29 is 4.74 Å². The van der Waals surface area contributed by atoms with E-state index < -0.39 is 0 Å². The molecule has 2 nitrogen and oxygen atoms in total. The molecule has 0 spiro atoms. The minimum Gasteiger partial charge on any atom is -0.496 e. The molecular formula is C15H25NOS. The molecule has 0 heterocycles. The van der Waals surface area contributed by atoms with Gasteiger partial charge in [-0.15, -0.1) is 11.8 Å². The third-order valence-corrected chi connectivity index (χ3v) is 4.27. The second-order valence-electron chi connectivity index (χ2n) is 5.32. The molecule has 102 valence electrons. The van der Waals surface area contributed by atoms with Gasteiger partial charge >= 0.3 is 0 Å². The number of rotatable bonds is 8. The Bertz CT molecular complexity index is 352. The van der Waals surface area contributed by atoms with E-state index >= 15 is 0 Å². The topological polar surface area (TPSA) is 35.2 Å². The largest absolute Gasteiger partial charge is 0.496 e. The van der Waals surface area contributed by atoms with Gasteiger partial charge in [0.15, 0.2) is 0 Å². The van der Waals surface area contributed by atoms with Crippen LogP contribution in [0.15, 0.2) is 29.2 Å². The molecule has 0 aliphatic carbocycles. The summed E-state index contributed by atoms with van der Waals surface area (Å²) in [5.74, 6) is 2.12. The van der Waals surface area contributed by atoms with Gasteiger partial charge in [-0.1, -0.05) is 32.4 Å². The predicted molar refractivity (Wildman–Crippen MR) is 80.4 cm³/mol. The third kappa shape index (κ3) is 5.32. The van der Waals surface area contributed by atoms with Crippen molar-refractivity contribution in [3.05, 3.63) is 24.3 Å². The molecule has 0 amide bonds. The average Bonchev–Trinajstić information content (AvgIpc) is 2.38. The Morgan fingerprint density at radius 3 is 2.61 bits per heavy atom. The van der Waals surface area contributed by atoms with E-state index in [9.17, 15) is 0 Å². The number of hydrogen-bond acceptors (Lipinski definition) is 3. The minimum absolute atomic E-state index is 0.287. The van der Waals surface area contributed by atoms with Crippen LogP contribution in [0.1, 0.15) is 33.1 Å². The lowest BCUT2D eigenvalue weighted by molar-refractivity contribution is 0.336. The van der Waals surface area contributed by atoms with Crippen molar-refractivity contribution in [2.24, 2.45) is 11.1 Å². The molecule has 0 unspecified atom stereocenters. The van der Waals surface area contributed by atoms with Crippen molar-refractivity contribution in [2.75, 3.05) is 19.4 Å². The van der Waals surface area contributed by atoms with E-state index in [1.807, 2.05) is 23.9 Å². The van der Waals surface area contributed by atoms with E-state index in [-0.39, 0.29) is 5.41 Å². The van der Waals surface area contributed by atoms with Crippen LogP contribution in [-0.2, 0) is 0 Å². The van der Waals surface area contributed by atoms with Crippen LogP contribution in [0.3, 0.4) is 0 Å². The first-order valence-electron chi connectivity index (χ1n) is 6.55. The Hall–Kier alpha value is -0.670. The molecule has 2 N–H and O–H groups in total. The van der Waals surface area contributed by atoms with Gasteiger partial charge in [0.25, 0.3) is 0 Å². The molecule has 0 aromatic heterocycles. The maximum atomic E-state index is 5.73. The quantitative estimate of drug-likeness (QED) is 0.572. The van der Waals surface area contributed by atoms with Crippen molar-refractivity contribution in [3.63, 3.8) is 0 Å². The number of ether oxygens (including phenoxy) is 1. The fraction of sp³-hybridized carbons (Fsp3) is 0.600. The van der Waals surface area contributed by atoms with Gasteiger partial charge in [-0.3, -0.25) is 0 Å². The molecular weight excluding hydrogens is 242 g/mol. The number of para-hydroxylation sites is 1. The molecule has 0 atom stereocenters. The summed E-state index contributed by atoms with van der Waals surface area (Å²) in [6, 6.07) is 8.20. The van der Waals surface area contributed by atoms with Crippen LogP contribution in [0.5, 0.6) is 5.75 Å².